The maximum Gasteiger partial charge on any atom is 0.328 e. The Hall–Kier alpha value is -3.87. The molecule has 0 spiro atoms. The van der Waals surface area contributed by atoms with Crippen molar-refractivity contribution in [2.75, 3.05) is 14.2 Å². The van der Waals surface area contributed by atoms with Crippen molar-refractivity contribution in [1.82, 2.24) is 10.6 Å². The van der Waals surface area contributed by atoms with Gasteiger partial charge < -0.3 is 20.1 Å². The summed E-state index contributed by atoms with van der Waals surface area (Å²) in [7, 11) is 2.97. The van der Waals surface area contributed by atoms with Crippen LogP contribution in [0, 0.1) is 0 Å². The molecule has 0 radical (unpaired) electrons. The minimum absolute atomic E-state index is 0.00950. The van der Waals surface area contributed by atoms with E-state index in [0.29, 0.717) is 32.1 Å². The average Bonchev–Trinajstić information content (AvgIpc) is 3.27. The summed E-state index contributed by atoms with van der Waals surface area (Å²) in [4.78, 5) is 37.6. The Morgan fingerprint density at radius 2 is 1.72 bits per heavy atom. The van der Waals surface area contributed by atoms with Gasteiger partial charge in [-0.3, -0.25) is 9.59 Å². The molecule has 0 saturated carbocycles. The highest BCUT2D eigenvalue weighted by atomic mass is 16.5. The normalized spacial score (nSPS) is 17.9. The zero-order valence-corrected chi connectivity index (χ0v) is 20.7. The molecule has 1 saturated heterocycles. The Balaban J connectivity index is 1.48. The number of carbonyl (C=O) groups excluding carboxylic acids is 3. The van der Waals surface area contributed by atoms with Gasteiger partial charge in [-0.15, -0.1) is 0 Å². The van der Waals surface area contributed by atoms with Crippen LogP contribution in [0.1, 0.15) is 36.8 Å². The number of esters is 1. The second-order valence-electron chi connectivity index (χ2n) is 9.31. The number of amides is 2. The zero-order chi connectivity index (χ0) is 25.5. The molecule has 2 amide bonds. The molecule has 7 heteroatoms. The van der Waals surface area contributed by atoms with Gasteiger partial charge in [-0.25, -0.2) is 4.79 Å². The molecule has 1 fully saturated rings. The number of rotatable bonds is 10. The van der Waals surface area contributed by atoms with Crippen molar-refractivity contribution in [1.29, 1.82) is 0 Å². The highest BCUT2D eigenvalue weighted by Crippen LogP contribution is 2.35. The summed E-state index contributed by atoms with van der Waals surface area (Å²) in [5, 5.41) is 8.06. The lowest BCUT2D eigenvalue weighted by molar-refractivity contribution is -0.145. The smallest absolute Gasteiger partial charge is 0.328 e. The van der Waals surface area contributed by atoms with Crippen molar-refractivity contribution in [2.45, 2.75) is 50.1 Å². The number of hydrogen-bond acceptors (Lipinski definition) is 5. The third-order valence-corrected chi connectivity index (χ3v) is 6.89. The van der Waals surface area contributed by atoms with E-state index in [4.69, 9.17) is 9.47 Å². The van der Waals surface area contributed by atoms with Gasteiger partial charge in [-0.1, -0.05) is 60.7 Å². The lowest BCUT2D eigenvalue weighted by Gasteiger charge is -2.30. The van der Waals surface area contributed by atoms with Crippen molar-refractivity contribution in [3.63, 3.8) is 0 Å². The van der Waals surface area contributed by atoms with E-state index in [1.165, 1.54) is 7.11 Å². The summed E-state index contributed by atoms with van der Waals surface area (Å²) in [6.07, 6.45) is 2.65. The van der Waals surface area contributed by atoms with Gasteiger partial charge >= 0.3 is 5.97 Å². The van der Waals surface area contributed by atoms with E-state index in [1.807, 2.05) is 60.7 Å². The molecular formula is C29H32N2O5. The maximum absolute atomic E-state index is 12.9. The Labute approximate surface area is 211 Å². The van der Waals surface area contributed by atoms with Crippen LogP contribution in [0.2, 0.25) is 0 Å². The topological polar surface area (TPSA) is 93.7 Å². The molecule has 1 unspecified atom stereocenters. The number of carbonyl (C=O) groups is 3. The third kappa shape index (κ3) is 5.85. The minimum Gasteiger partial charge on any atom is -0.496 e. The lowest BCUT2D eigenvalue weighted by Crippen LogP contribution is -2.46. The number of methoxy groups -OCH3 is 2. The molecule has 0 aliphatic carbocycles. The van der Waals surface area contributed by atoms with Crippen molar-refractivity contribution in [3.8, 4) is 5.75 Å². The van der Waals surface area contributed by atoms with Crippen molar-refractivity contribution < 1.29 is 23.9 Å². The molecule has 36 heavy (non-hydrogen) atoms. The van der Waals surface area contributed by atoms with E-state index >= 15 is 0 Å². The van der Waals surface area contributed by atoms with Gasteiger partial charge in [0.1, 0.15) is 11.8 Å². The summed E-state index contributed by atoms with van der Waals surface area (Å²) < 4.78 is 10.4. The summed E-state index contributed by atoms with van der Waals surface area (Å²) in [6, 6.07) is 20.7. The van der Waals surface area contributed by atoms with E-state index in [0.717, 1.165) is 27.6 Å². The molecule has 1 aliphatic rings. The molecule has 2 atom stereocenters. The van der Waals surface area contributed by atoms with Crippen LogP contribution in [0.25, 0.3) is 10.8 Å². The quantitative estimate of drug-likeness (QED) is 0.424. The molecular weight excluding hydrogens is 456 g/mol. The average molecular weight is 489 g/mol. The number of fused-ring (bicyclic) bond motifs is 1. The van der Waals surface area contributed by atoms with Crippen molar-refractivity contribution in [2.24, 2.45) is 0 Å². The van der Waals surface area contributed by atoms with Crippen molar-refractivity contribution in [3.05, 3.63) is 77.9 Å². The molecule has 3 aromatic carbocycles. The van der Waals surface area contributed by atoms with E-state index < -0.39 is 17.6 Å². The fourth-order valence-corrected chi connectivity index (χ4v) is 5.02. The minimum atomic E-state index is -0.774. The van der Waals surface area contributed by atoms with E-state index in [-0.39, 0.29) is 18.2 Å². The van der Waals surface area contributed by atoms with Crippen LogP contribution in [0.3, 0.4) is 0 Å². The fraction of sp³-hybridized carbons (Fsp3) is 0.345. The number of hydrogen-bond donors (Lipinski definition) is 2. The highest BCUT2D eigenvalue weighted by Gasteiger charge is 2.38. The summed E-state index contributed by atoms with van der Waals surface area (Å²) >= 11 is 0. The molecule has 188 valence electrons. The molecule has 1 heterocycles. The van der Waals surface area contributed by atoms with Gasteiger partial charge in [0.2, 0.25) is 11.8 Å². The molecule has 4 rings (SSSR count). The molecule has 7 nitrogen and oxygen atoms in total. The molecule has 1 aliphatic heterocycles. The Morgan fingerprint density at radius 1 is 1.00 bits per heavy atom. The predicted octanol–water partition coefficient (Wildman–Crippen LogP) is 3.72. The van der Waals surface area contributed by atoms with Crippen LogP contribution in [-0.2, 0) is 32.0 Å². The van der Waals surface area contributed by atoms with Crippen LogP contribution >= 0.6 is 0 Å². The Bertz CT molecular complexity index is 1240. The highest BCUT2D eigenvalue weighted by molar-refractivity contribution is 5.91. The lowest BCUT2D eigenvalue weighted by atomic mass is 9.83. The van der Waals surface area contributed by atoms with Crippen LogP contribution in [0.15, 0.2) is 66.7 Å². The first-order valence-corrected chi connectivity index (χ1v) is 12.2. The first-order chi connectivity index (χ1) is 17.4. The predicted molar refractivity (Wildman–Crippen MR) is 138 cm³/mol. The number of nitrogens with one attached hydrogen (secondary N) is 2. The van der Waals surface area contributed by atoms with Crippen LogP contribution < -0.4 is 15.4 Å². The van der Waals surface area contributed by atoms with Gasteiger partial charge in [0.05, 0.1) is 14.2 Å². The Morgan fingerprint density at radius 3 is 2.39 bits per heavy atom. The SMILES string of the molecule is COC(=O)[C@H](Cc1ccccc1)NC(=O)CCC1(Cc2ccc(OC)c3ccccc23)CCC(=O)N1. The van der Waals surface area contributed by atoms with Gasteiger partial charge in [0.15, 0.2) is 0 Å². The van der Waals surface area contributed by atoms with Gasteiger partial charge in [0, 0.05) is 30.2 Å². The fourth-order valence-electron chi connectivity index (χ4n) is 5.02. The zero-order valence-electron chi connectivity index (χ0n) is 20.7. The summed E-state index contributed by atoms with van der Waals surface area (Å²) in [5.74, 6) is 0.0532. The summed E-state index contributed by atoms with van der Waals surface area (Å²) in [6.45, 7) is 0. The molecule has 0 aromatic heterocycles. The largest absolute Gasteiger partial charge is 0.496 e. The first kappa shape index (κ1) is 25.2. The monoisotopic (exact) mass is 488 g/mol. The maximum atomic E-state index is 12.9. The first-order valence-electron chi connectivity index (χ1n) is 12.2. The Kier molecular flexibility index (Phi) is 7.88. The van der Waals surface area contributed by atoms with Crippen LogP contribution in [-0.4, -0.2) is 43.6 Å². The van der Waals surface area contributed by atoms with Gasteiger partial charge in [-0.05, 0) is 41.8 Å². The van der Waals surface area contributed by atoms with Crippen molar-refractivity contribution >= 4 is 28.6 Å². The van der Waals surface area contributed by atoms with E-state index in [9.17, 15) is 14.4 Å². The molecule has 2 N–H and O–H groups in total. The van der Waals surface area contributed by atoms with E-state index in [2.05, 4.69) is 16.7 Å². The van der Waals surface area contributed by atoms with Crippen LogP contribution in [0.4, 0.5) is 0 Å². The molecule has 3 aromatic rings. The third-order valence-electron chi connectivity index (χ3n) is 6.89. The number of benzene rings is 3. The van der Waals surface area contributed by atoms with E-state index in [1.54, 1.807) is 7.11 Å². The standard InChI is InChI=1S/C29H32N2O5/c1-35-25-13-12-21(22-10-6-7-11-23(22)25)19-29(17-15-27(33)31-29)16-14-26(32)30-24(28(34)36-2)18-20-8-4-3-5-9-20/h3-13,24H,14-19H2,1-2H3,(H,30,32)(H,31,33)/t24-,29?/m0/s1. The second kappa shape index (κ2) is 11.2. The van der Waals surface area contributed by atoms with Crippen LogP contribution in [0.5, 0.6) is 5.75 Å². The summed E-state index contributed by atoms with van der Waals surface area (Å²) in [5.41, 5.74) is 1.48. The second-order valence-corrected chi connectivity index (χ2v) is 9.31. The molecule has 0 bridgehead atoms. The number of ether oxygens (including phenoxy) is 2. The van der Waals surface area contributed by atoms with Gasteiger partial charge in [-0.2, -0.15) is 0 Å². The van der Waals surface area contributed by atoms with Gasteiger partial charge in [0.25, 0.3) is 0 Å².